The Bertz CT molecular complexity index is 1820. The molecule has 0 amide bonds. The first-order chi connectivity index (χ1) is 19.2. The van der Waals surface area contributed by atoms with Gasteiger partial charge in [0.05, 0.1) is 0 Å². The fraction of sp³-hybridized carbons (Fsp3) is 0.179. The molecule has 0 radical (unpaired) electrons. The van der Waals surface area contributed by atoms with E-state index in [9.17, 15) is 0 Å². The average Bonchev–Trinajstić information content (AvgIpc) is 3.26. The predicted molar refractivity (Wildman–Crippen MR) is 166 cm³/mol. The molecule has 3 aliphatic rings. The molecular formula is C39H32. The Morgan fingerprint density at radius 3 is 2.41 bits per heavy atom. The van der Waals surface area contributed by atoms with Gasteiger partial charge in [0.25, 0.3) is 0 Å². The van der Waals surface area contributed by atoms with Crippen molar-refractivity contribution in [2.75, 3.05) is 0 Å². The van der Waals surface area contributed by atoms with E-state index in [1.807, 2.05) is 6.07 Å². The van der Waals surface area contributed by atoms with Crippen molar-refractivity contribution in [1.29, 1.82) is 0 Å². The number of aryl methyl sites for hydroxylation is 2. The van der Waals surface area contributed by atoms with Crippen molar-refractivity contribution in [3.63, 3.8) is 0 Å². The van der Waals surface area contributed by atoms with Crippen LogP contribution in [0.4, 0.5) is 0 Å². The van der Waals surface area contributed by atoms with Crippen LogP contribution in [0.2, 0.25) is 0 Å². The van der Waals surface area contributed by atoms with Crippen molar-refractivity contribution >= 4 is 29.0 Å². The molecule has 3 aliphatic carbocycles. The zero-order valence-electron chi connectivity index (χ0n) is 22.7. The monoisotopic (exact) mass is 500 g/mol. The molecule has 4 aromatic rings. The van der Waals surface area contributed by atoms with Gasteiger partial charge in [0, 0.05) is 17.1 Å². The highest BCUT2D eigenvalue weighted by Gasteiger charge is 2.26. The molecule has 0 saturated carbocycles. The molecule has 0 heterocycles. The zero-order chi connectivity index (χ0) is 26.3. The van der Waals surface area contributed by atoms with Gasteiger partial charge in [-0.1, -0.05) is 109 Å². The smallest absolute Gasteiger partial charge is 0.0278 e. The Morgan fingerprint density at radius 1 is 0.846 bits per heavy atom. The molecular weight excluding hydrogens is 468 g/mol. The minimum Gasteiger partial charge on any atom is -0.0836 e. The van der Waals surface area contributed by atoms with Gasteiger partial charge in [0.2, 0.25) is 0 Å². The fourth-order valence-electron chi connectivity index (χ4n) is 6.93. The topological polar surface area (TPSA) is 0 Å². The molecule has 39 heavy (non-hydrogen) atoms. The first-order valence-electron chi connectivity index (χ1n) is 14.2. The summed E-state index contributed by atoms with van der Waals surface area (Å²) < 4.78 is 0. The summed E-state index contributed by atoms with van der Waals surface area (Å²) in [4.78, 5) is 0. The number of allylic oxidation sites excluding steroid dienone is 7. The van der Waals surface area contributed by atoms with Crippen LogP contribution in [0.15, 0.2) is 91.1 Å². The Labute approximate surface area is 231 Å². The van der Waals surface area contributed by atoms with Crippen LogP contribution < -0.4 is 10.4 Å². The van der Waals surface area contributed by atoms with Gasteiger partial charge < -0.3 is 0 Å². The minimum atomic E-state index is 0.304. The second-order valence-corrected chi connectivity index (χ2v) is 11.1. The highest BCUT2D eigenvalue weighted by atomic mass is 14.3. The van der Waals surface area contributed by atoms with Crippen LogP contribution in [0.3, 0.4) is 0 Å². The molecule has 0 saturated heterocycles. The maximum Gasteiger partial charge on any atom is 0.0278 e. The third-order valence-electron chi connectivity index (χ3n) is 8.60. The lowest BCUT2D eigenvalue weighted by atomic mass is 9.75. The normalized spacial score (nSPS) is 17.6. The van der Waals surface area contributed by atoms with Gasteiger partial charge in [-0.2, -0.15) is 0 Å². The molecule has 188 valence electrons. The molecule has 0 spiro atoms. The van der Waals surface area contributed by atoms with Crippen molar-refractivity contribution in [3.8, 4) is 11.1 Å². The second-order valence-electron chi connectivity index (χ2n) is 11.1. The van der Waals surface area contributed by atoms with Gasteiger partial charge in [0.15, 0.2) is 0 Å². The zero-order valence-corrected chi connectivity index (χ0v) is 22.7. The van der Waals surface area contributed by atoms with Crippen LogP contribution in [-0.4, -0.2) is 0 Å². The average molecular weight is 501 g/mol. The number of hydrogen-bond acceptors (Lipinski definition) is 0. The van der Waals surface area contributed by atoms with E-state index in [1.165, 1.54) is 65.7 Å². The molecule has 0 N–H and O–H groups in total. The van der Waals surface area contributed by atoms with Gasteiger partial charge >= 0.3 is 0 Å². The summed E-state index contributed by atoms with van der Waals surface area (Å²) in [7, 11) is 0. The largest absolute Gasteiger partial charge is 0.0836 e. The standard InChI is InChI=1S/C39H32/c1-26-23-32(28-13-5-3-4-6-14-28)24-27(2)37(26)39-35-19-11-9-17-33(35)38(34-18-10-12-20-36(34)39)31-22-21-29-15-7-8-16-30(29)25-31/h3-6,8-11,13-14,16-19,21,23-25,28,31H,12,20,22H2,1-2H3. The van der Waals surface area contributed by atoms with E-state index in [0.717, 1.165) is 19.3 Å². The first-order valence-corrected chi connectivity index (χ1v) is 14.2. The van der Waals surface area contributed by atoms with Gasteiger partial charge in [0.1, 0.15) is 0 Å². The molecule has 0 aliphatic heterocycles. The van der Waals surface area contributed by atoms with E-state index in [4.69, 9.17) is 0 Å². The fourth-order valence-corrected chi connectivity index (χ4v) is 6.93. The summed E-state index contributed by atoms with van der Waals surface area (Å²) in [6, 6.07) is 24.5. The molecule has 1 unspecified atom stereocenters. The number of rotatable bonds is 3. The molecule has 4 aromatic carbocycles. The van der Waals surface area contributed by atoms with Crippen molar-refractivity contribution in [2.24, 2.45) is 0 Å². The van der Waals surface area contributed by atoms with Crippen molar-refractivity contribution in [3.05, 3.63) is 147 Å². The predicted octanol–water partition coefficient (Wildman–Crippen LogP) is 8.20. The molecule has 0 nitrogen and oxygen atoms in total. The van der Waals surface area contributed by atoms with Crippen LogP contribution >= 0.6 is 0 Å². The summed E-state index contributed by atoms with van der Waals surface area (Å²) in [6.07, 6.45) is 25.8. The van der Waals surface area contributed by atoms with E-state index in [0.29, 0.717) is 11.8 Å². The van der Waals surface area contributed by atoms with Crippen LogP contribution in [0.25, 0.3) is 40.1 Å². The third-order valence-corrected chi connectivity index (χ3v) is 8.60. The maximum absolute atomic E-state index is 3.30. The van der Waals surface area contributed by atoms with Crippen LogP contribution in [-0.2, 0) is 6.42 Å². The van der Waals surface area contributed by atoms with Crippen LogP contribution in [0, 0.1) is 26.0 Å². The first kappa shape index (κ1) is 23.8. The van der Waals surface area contributed by atoms with E-state index in [-0.39, 0.29) is 0 Å². The highest BCUT2D eigenvalue weighted by Crippen LogP contribution is 2.46. The quantitative estimate of drug-likeness (QED) is 0.266. The second kappa shape index (κ2) is 9.76. The molecule has 0 aromatic heterocycles. The van der Waals surface area contributed by atoms with Crippen molar-refractivity contribution < 1.29 is 0 Å². The van der Waals surface area contributed by atoms with Gasteiger partial charge in [-0.05, 0) is 106 Å². The van der Waals surface area contributed by atoms with Gasteiger partial charge in [-0.3, -0.25) is 0 Å². The Morgan fingerprint density at radius 2 is 1.62 bits per heavy atom. The molecule has 0 heteroatoms. The van der Waals surface area contributed by atoms with E-state index >= 15 is 0 Å². The van der Waals surface area contributed by atoms with Crippen molar-refractivity contribution in [2.45, 2.75) is 44.9 Å². The van der Waals surface area contributed by atoms with Gasteiger partial charge in [-0.25, -0.2) is 0 Å². The minimum absolute atomic E-state index is 0.304. The van der Waals surface area contributed by atoms with E-state index in [1.54, 1.807) is 0 Å². The molecule has 0 bridgehead atoms. The molecule has 7 rings (SSSR count). The Kier molecular flexibility index (Phi) is 5.94. The van der Waals surface area contributed by atoms with Crippen molar-refractivity contribution in [1.82, 2.24) is 0 Å². The Balaban J connectivity index is 1.47. The number of hydrogen-bond donors (Lipinski definition) is 0. The lowest BCUT2D eigenvalue weighted by molar-refractivity contribution is 0.910. The highest BCUT2D eigenvalue weighted by molar-refractivity contribution is 6.05. The maximum atomic E-state index is 3.30. The molecule has 0 fully saturated rings. The van der Waals surface area contributed by atoms with E-state index < -0.39 is 0 Å². The lowest BCUT2D eigenvalue weighted by Gasteiger charge is -2.28. The number of fused-ring (bicyclic) bond motifs is 3. The summed E-state index contributed by atoms with van der Waals surface area (Å²) in [6.45, 7) is 4.60. The van der Waals surface area contributed by atoms with Crippen LogP contribution in [0.5, 0.6) is 0 Å². The summed E-state index contributed by atoms with van der Waals surface area (Å²) in [5.41, 5.74) is 11.3. The summed E-state index contributed by atoms with van der Waals surface area (Å²) >= 11 is 0. The third kappa shape index (κ3) is 4.10. The van der Waals surface area contributed by atoms with Gasteiger partial charge in [-0.15, -0.1) is 0 Å². The van der Waals surface area contributed by atoms with Crippen LogP contribution in [0.1, 0.15) is 58.1 Å². The Hall–Kier alpha value is -4.34. The van der Waals surface area contributed by atoms with E-state index in [2.05, 4.69) is 129 Å². The lowest BCUT2D eigenvalue weighted by Crippen LogP contribution is -2.27. The SMILES string of the molecule is Cc1cc(C2C=CC=CC=C2)cc(C)c1-c1c2c(c(C3C=c4ccc#cc4=CC3)c3ccccc13)C=CCC2. The summed E-state index contributed by atoms with van der Waals surface area (Å²) in [5, 5.41) is 5.21. The number of benzene rings is 3. The summed E-state index contributed by atoms with van der Waals surface area (Å²) in [5.74, 6) is 0.647. The molecule has 1 atom stereocenters.